The third-order valence-electron chi connectivity index (χ3n) is 2.25. The van der Waals surface area contributed by atoms with Crippen molar-refractivity contribution in [1.82, 2.24) is 4.98 Å². The van der Waals surface area contributed by atoms with E-state index >= 15 is 0 Å². The fourth-order valence-corrected chi connectivity index (χ4v) is 1.62. The van der Waals surface area contributed by atoms with Crippen LogP contribution in [0.1, 0.15) is 36.3 Å². The number of oxazole rings is 1. The van der Waals surface area contributed by atoms with Crippen LogP contribution in [0.4, 0.5) is 0 Å². The maximum Gasteiger partial charge on any atom is 0.220 e. The van der Waals surface area contributed by atoms with E-state index in [1.165, 1.54) is 0 Å². The molecule has 0 radical (unpaired) electrons. The molecule has 2 heterocycles. The Hall–Kier alpha value is -0.870. The number of aryl methyl sites for hydroxylation is 1. The highest BCUT2D eigenvalue weighted by Gasteiger charge is 2.23. The molecule has 0 bridgehead atoms. The fraction of sp³-hybridized carbons (Fsp3) is 0.667. The summed E-state index contributed by atoms with van der Waals surface area (Å²) in [5, 5.41) is 8.82. The number of nitrogens with zero attached hydrogens (tertiary/aromatic N) is 1. The van der Waals surface area contributed by atoms with E-state index in [0.717, 1.165) is 30.9 Å². The largest absolute Gasteiger partial charge is 0.443 e. The van der Waals surface area contributed by atoms with Gasteiger partial charge in [0.2, 0.25) is 5.89 Å². The average Bonchev–Trinajstić information content (AvgIpc) is 2.72. The molecule has 1 fully saturated rings. The van der Waals surface area contributed by atoms with Gasteiger partial charge < -0.3 is 14.3 Å². The molecule has 0 amide bonds. The standard InChI is InChI=1S/C9H13NO3/c1-6-9(7-3-2-4-12-7)10-8(5-11)13-6/h7,11H,2-5H2,1H3. The molecular formula is C9H13NO3. The van der Waals surface area contributed by atoms with Crippen LogP contribution in [0.3, 0.4) is 0 Å². The number of hydrogen-bond acceptors (Lipinski definition) is 4. The Bertz CT molecular complexity index is 289. The topological polar surface area (TPSA) is 55.5 Å². The van der Waals surface area contributed by atoms with Gasteiger partial charge in [0.25, 0.3) is 0 Å². The minimum Gasteiger partial charge on any atom is -0.443 e. The molecule has 72 valence electrons. The second kappa shape index (κ2) is 3.47. The van der Waals surface area contributed by atoms with Crippen LogP contribution >= 0.6 is 0 Å². The molecule has 1 atom stereocenters. The Balaban J connectivity index is 2.22. The first-order chi connectivity index (χ1) is 6.31. The zero-order valence-electron chi connectivity index (χ0n) is 7.62. The molecule has 0 aromatic carbocycles. The van der Waals surface area contributed by atoms with Gasteiger partial charge in [-0.15, -0.1) is 0 Å². The SMILES string of the molecule is Cc1oc(CO)nc1C1CCCO1. The molecule has 1 aromatic heterocycles. The lowest BCUT2D eigenvalue weighted by Gasteiger charge is -2.04. The smallest absolute Gasteiger partial charge is 0.220 e. The van der Waals surface area contributed by atoms with Crippen molar-refractivity contribution in [3.63, 3.8) is 0 Å². The number of aliphatic hydroxyl groups is 1. The average molecular weight is 183 g/mol. The zero-order chi connectivity index (χ0) is 9.26. The number of aliphatic hydroxyl groups excluding tert-OH is 1. The summed E-state index contributed by atoms with van der Waals surface area (Å²) in [6.07, 6.45) is 2.15. The Kier molecular flexibility index (Phi) is 2.33. The van der Waals surface area contributed by atoms with Gasteiger partial charge in [0, 0.05) is 6.61 Å². The maximum atomic E-state index is 8.82. The Labute approximate surface area is 76.5 Å². The molecule has 1 unspecified atom stereocenters. The van der Waals surface area contributed by atoms with Crippen molar-refractivity contribution in [2.24, 2.45) is 0 Å². The predicted molar refractivity (Wildman–Crippen MR) is 45.1 cm³/mol. The lowest BCUT2D eigenvalue weighted by Crippen LogP contribution is -1.98. The summed E-state index contributed by atoms with van der Waals surface area (Å²) < 4.78 is 10.7. The van der Waals surface area contributed by atoms with Crippen LogP contribution in [0.25, 0.3) is 0 Å². The monoisotopic (exact) mass is 183 g/mol. The molecule has 2 rings (SSSR count). The van der Waals surface area contributed by atoms with Crippen molar-refractivity contribution < 1.29 is 14.3 Å². The molecule has 1 N–H and O–H groups in total. The van der Waals surface area contributed by atoms with Gasteiger partial charge in [-0.25, -0.2) is 4.98 Å². The first-order valence-electron chi connectivity index (χ1n) is 4.50. The molecule has 4 nitrogen and oxygen atoms in total. The van der Waals surface area contributed by atoms with Crippen LogP contribution in [0.5, 0.6) is 0 Å². The number of hydrogen-bond donors (Lipinski definition) is 1. The predicted octanol–water partition coefficient (Wildman–Crippen LogP) is 1.33. The van der Waals surface area contributed by atoms with Crippen LogP contribution < -0.4 is 0 Å². The van der Waals surface area contributed by atoms with E-state index in [-0.39, 0.29) is 12.7 Å². The van der Waals surface area contributed by atoms with Crippen LogP contribution in [0.2, 0.25) is 0 Å². The van der Waals surface area contributed by atoms with Gasteiger partial charge >= 0.3 is 0 Å². The van der Waals surface area contributed by atoms with Gasteiger partial charge in [-0.2, -0.15) is 0 Å². The number of rotatable bonds is 2. The van der Waals surface area contributed by atoms with Crippen molar-refractivity contribution in [3.8, 4) is 0 Å². The molecule has 1 saturated heterocycles. The molecule has 0 spiro atoms. The van der Waals surface area contributed by atoms with E-state index in [0.29, 0.717) is 5.89 Å². The second-order valence-corrected chi connectivity index (χ2v) is 3.21. The molecule has 1 aliphatic rings. The van der Waals surface area contributed by atoms with Gasteiger partial charge in [-0.05, 0) is 19.8 Å². The van der Waals surface area contributed by atoms with Crippen molar-refractivity contribution >= 4 is 0 Å². The molecule has 1 aromatic rings. The van der Waals surface area contributed by atoms with Gasteiger partial charge in [-0.3, -0.25) is 0 Å². The van der Waals surface area contributed by atoms with E-state index in [4.69, 9.17) is 14.3 Å². The highest BCUT2D eigenvalue weighted by molar-refractivity contribution is 5.12. The molecular weight excluding hydrogens is 170 g/mol. The Morgan fingerprint density at radius 2 is 2.46 bits per heavy atom. The summed E-state index contributed by atoms with van der Waals surface area (Å²) in [4.78, 5) is 4.17. The third kappa shape index (κ3) is 1.59. The Morgan fingerprint density at radius 3 is 3.00 bits per heavy atom. The van der Waals surface area contributed by atoms with E-state index in [9.17, 15) is 0 Å². The summed E-state index contributed by atoms with van der Waals surface area (Å²) in [6.45, 7) is 2.50. The van der Waals surface area contributed by atoms with E-state index < -0.39 is 0 Å². The van der Waals surface area contributed by atoms with E-state index in [1.807, 2.05) is 6.92 Å². The molecule has 13 heavy (non-hydrogen) atoms. The zero-order valence-corrected chi connectivity index (χ0v) is 7.62. The molecule has 0 aliphatic carbocycles. The van der Waals surface area contributed by atoms with Crippen molar-refractivity contribution in [3.05, 3.63) is 17.3 Å². The van der Waals surface area contributed by atoms with Gasteiger partial charge in [0.15, 0.2) is 0 Å². The summed E-state index contributed by atoms with van der Waals surface area (Å²) in [6, 6.07) is 0. The van der Waals surface area contributed by atoms with E-state index in [1.54, 1.807) is 0 Å². The molecule has 4 heteroatoms. The maximum absolute atomic E-state index is 8.82. The summed E-state index contributed by atoms with van der Waals surface area (Å²) >= 11 is 0. The van der Waals surface area contributed by atoms with Crippen molar-refractivity contribution in [2.75, 3.05) is 6.61 Å². The molecule has 1 aliphatic heterocycles. The Morgan fingerprint density at radius 1 is 1.62 bits per heavy atom. The quantitative estimate of drug-likeness (QED) is 0.751. The highest BCUT2D eigenvalue weighted by Crippen LogP contribution is 2.30. The summed E-state index contributed by atoms with van der Waals surface area (Å²) in [7, 11) is 0. The summed E-state index contributed by atoms with van der Waals surface area (Å²) in [5.74, 6) is 1.14. The van der Waals surface area contributed by atoms with Crippen LogP contribution in [0, 0.1) is 6.92 Å². The number of aromatic nitrogens is 1. The third-order valence-corrected chi connectivity index (χ3v) is 2.25. The first kappa shape index (κ1) is 8.72. The van der Waals surface area contributed by atoms with E-state index in [2.05, 4.69) is 4.98 Å². The normalized spacial score (nSPS) is 22.5. The first-order valence-corrected chi connectivity index (χ1v) is 4.50. The highest BCUT2D eigenvalue weighted by atomic mass is 16.5. The van der Waals surface area contributed by atoms with Crippen LogP contribution in [-0.4, -0.2) is 16.7 Å². The second-order valence-electron chi connectivity index (χ2n) is 3.21. The van der Waals surface area contributed by atoms with Gasteiger partial charge in [0.1, 0.15) is 24.2 Å². The van der Waals surface area contributed by atoms with Gasteiger partial charge in [0.05, 0.1) is 0 Å². The summed E-state index contributed by atoms with van der Waals surface area (Å²) in [5.41, 5.74) is 0.849. The number of ether oxygens (including phenoxy) is 1. The fourth-order valence-electron chi connectivity index (χ4n) is 1.62. The lowest BCUT2D eigenvalue weighted by molar-refractivity contribution is 0.108. The van der Waals surface area contributed by atoms with Crippen LogP contribution in [-0.2, 0) is 11.3 Å². The van der Waals surface area contributed by atoms with Crippen molar-refractivity contribution in [1.29, 1.82) is 0 Å². The van der Waals surface area contributed by atoms with Crippen LogP contribution in [0.15, 0.2) is 4.42 Å². The molecule has 0 saturated carbocycles. The minimum atomic E-state index is -0.145. The van der Waals surface area contributed by atoms with Crippen molar-refractivity contribution in [2.45, 2.75) is 32.5 Å². The minimum absolute atomic E-state index is 0.0732. The lowest BCUT2D eigenvalue weighted by atomic mass is 10.1. The van der Waals surface area contributed by atoms with Gasteiger partial charge in [-0.1, -0.05) is 0 Å².